The lowest BCUT2D eigenvalue weighted by atomic mass is 10.1. The molecule has 0 unspecified atom stereocenters. The Bertz CT molecular complexity index is 602. The highest BCUT2D eigenvalue weighted by molar-refractivity contribution is 7.89. The van der Waals surface area contributed by atoms with Crippen LogP contribution in [0.2, 0.25) is 0 Å². The van der Waals surface area contributed by atoms with Gasteiger partial charge in [0.05, 0.1) is 0 Å². The van der Waals surface area contributed by atoms with Crippen molar-refractivity contribution in [3.05, 3.63) is 23.8 Å². The van der Waals surface area contributed by atoms with E-state index in [1.807, 2.05) is 0 Å². The van der Waals surface area contributed by atoms with Crippen molar-refractivity contribution in [2.24, 2.45) is 0 Å². The summed E-state index contributed by atoms with van der Waals surface area (Å²) in [5, 5.41) is 0. The number of halogens is 2. The van der Waals surface area contributed by atoms with Gasteiger partial charge in [-0.2, -0.15) is 0 Å². The number of hydrogen-bond donors (Lipinski definition) is 2. The Morgan fingerprint density at radius 3 is 2.52 bits per heavy atom. The van der Waals surface area contributed by atoms with Crippen LogP contribution in [-0.2, 0) is 10.0 Å². The zero-order valence-corrected chi connectivity index (χ0v) is 12.4. The van der Waals surface area contributed by atoms with E-state index < -0.39 is 26.6 Å². The van der Waals surface area contributed by atoms with Gasteiger partial charge >= 0.3 is 0 Å². The van der Waals surface area contributed by atoms with Gasteiger partial charge in [-0.15, -0.1) is 0 Å². The number of nitrogens with one attached hydrogen (secondary N) is 1. The van der Waals surface area contributed by atoms with Crippen LogP contribution < -0.4 is 10.5 Å². The minimum atomic E-state index is -4.11. The Hall–Kier alpha value is -1.25. The zero-order chi connectivity index (χ0) is 15.5. The summed E-state index contributed by atoms with van der Waals surface area (Å²) in [6, 6.07) is 1.67. The van der Waals surface area contributed by atoms with Gasteiger partial charge in [0, 0.05) is 18.8 Å². The quantitative estimate of drug-likeness (QED) is 0.803. The van der Waals surface area contributed by atoms with Crippen molar-refractivity contribution in [1.29, 1.82) is 0 Å². The van der Waals surface area contributed by atoms with Gasteiger partial charge in [-0.3, -0.25) is 0 Å². The van der Waals surface area contributed by atoms with Gasteiger partial charge < -0.3 is 10.6 Å². The molecule has 0 bridgehead atoms. The Labute approximate surface area is 123 Å². The van der Waals surface area contributed by atoms with Crippen LogP contribution in [0.15, 0.2) is 17.0 Å². The molecule has 1 aliphatic heterocycles. The van der Waals surface area contributed by atoms with Crippen LogP contribution in [0.25, 0.3) is 0 Å². The molecule has 0 amide bonds. The fourth-order valence-corrected chi connectivity index (χ4v) is 3.52. The Morgan fingerprint density at radius 2 is 1.86 bits per heavy atom. The molecule has 0 atom stereocenters. The molecule has 0 aromatic heterocycles. The molecule has 1 fully saturated rings. The molecule has 3 N–H and O–H groups in total. The predicted octanol–water partition coefficient (Wildman–Crippen LogP) is 1.31. The van der Waals surface area contributed by atoms with Crippen molar-refractivity contribution in [3.8, 4) is 0 Å². The number of likely N-dealkylation sites (tertiary alicyclic amines) is 1. The Balaban J connectivity index is 2.01. The fourth-order valence-electron chi connectivity index (χ4n) is 2.38. The molecule has 1 aromatic rings. The van der Waals surface area contributed by atoms with Gasteiger partial charge in [0.25, 0.3) is 0 Å². The average Bonchev–Trinajstić information content (AvgIpc) is 2.43. The first-order valence-corrected chi connectivity index (χ1v) is 8.35. The van der Waals surface area contributed by atoms with Gasteiger partial charge in [-0.1, -0.05) is 6.42 Å². The third kappa shape index (κ3) is 4.12. The summed E-state index contributed by atoms with van der Waals surface area (Å²) in [4.78, 5) is 1.39. The predicted molar refractivity (Wildman–Crippen MR) is 76.2 cm³/mol. The number of nitrogens with zero attached hydrogens (tertiary/aromatic N) is 1. The van der Waals surface area contributed by atoms with Crippen LogP contribution in [0.1, 0.15) is 19.3 Å². The van der Waals surface area contributed by atoms with Crippen LogP contribution in [0.4, 0.5) is 14.5 Å². The van der Waals surface area contributed by atoms with Crippen molar-refractivity contribution in [3.63, 3.8) is 0 Å². The summed E-state index contributed by atoms with van der Waals surface area (Å²) in [6.45, 7) is 2.57. The summed E-state index contributed by atoms with van der Waals surface area (Å²) < 4.78 is 53.1. The van der Waals surface area contributed by atoms with E-state index in [1.165, 1.54) is 6.42 Å². The molecule has 0 spiro atoms. The van der Waals surface area contributed by atoms with Gasteiger partial charge in [-0.25, -0.2) is 21.9 Å². The maximum atomic E-state index is 13.6. The van der Waals surface area contributed by atoms with E-state index in [4.69, 9.17) is 5.73 Å². The normalized spacial score (nSPS) is 17.0. The number of nitrogen functional groups attached to an aromatic ring is 1. The second-order valence-electron chi connectivity index (χ2n) is 5.11. The van der Waals surface area contributed by atoms with Crippen LogP contribution in [0, 0.1) is 11.6 Å². The van der Waals surface area contributed by atoms with Crippen LogP contribution in [0.5, 0.6) is 0 Å². The van der Waals surface area contributed by atoms with Crippen molar-refractivity contribution in [1.82, 2.24) is 9.62 Å². The standard InChI is InChI=1S/C13H19F2N3O2S/c14-11-8-10(16)9-12(13(11)15)21(19,20)17-4-7-18-5-2-1-3-6-18/h8-9,17H,1-7,16H2. The molecule has 0 radical (unpaired) electrons. The van der Waals surface area contributed by atoms with Gasteiger partial charge in [0.15, 0.2) is 11.6 Å². The monoisotopic (exact) mass is 319 g/mol. The molecule has 1 saturated heterocycles. The van der Waals surface area contributed by atoms with E-state index >= 15 is 0 Å². The average molecular weight is 319 g/mol. The summed E-state index contributed by atoms with van der Waals surface area (Å²) in [5.41, 5.74) is 5.23. The van der Waals surface area contributed by atoms with Crippen molar-refractivity contribution in [2.45, 2.75) is 24.2 Å². The second kappa shape index (κ2) is 6.67. The lowest BCUT2D eigenvalue weighted by Gasteiger charge is -2.26. The van der Waals surface area contributed by atoms with E-state index in [1.54, 1.807) is 0 Å². The van der Waals surface area contributed by atoms with E-state index in [2.05, 4.69) is 9.62 Å². The van der Waals surface area contributed by atoms with Crippen molar-refractivity contribution >= 4 is 15.7 Å². The lowest BCUT2D eigenvalue weighted by molar-refractivity contribution is 0.232. The first-order valence-electron chi connectivity index (χ1n) is 6.87. The highest BCUT2D eigenvalue weighted by Gasteiger charge is 2.22. The minimum absolute atomic E-state index is 0.134. The number of hydrogen-bond acceptors (Lipinski definition) is 4. The first kappa shape index (κ1) is 16.1. The molecule has 0 saturated carbocycles. The van der Waals surface area contributed by atoms with E-state index in [0.717, 1.165) is 38.1 Å². The second-order valence-corrected chi connectivity index (χ2v) is 6.85. The van der Waals surface area contributed by atoms with Gasteiger partial charge in [0.2, 0.25) is 10.0 Å². The minimum Gasteiger partial charge on any atom is -0.399 e. The first-order chi connectivity index (χ1) is 9.90. The highest BCUT2D eigenvalue weighted by atomic mass is 32.2. The van der Waals surface area contributed by atoms with Crippen LogP contribution in [0.3, 0.4) is 0 Å². The molecule has 8 heteroatoms. The molecular formula is C13H19F2N3O2S. The molecule has 21 heavy (non-hydrogen) atoms. The SMILES string of the molecule is Nc1cc(F)c(F)c(S(=O)(=O)NCCN2CCCCC2)c1. The Kier molecular flexibility index (Phi) is 5.13. The lowest BCUT2D eigenvalue weighted by Crippen LogP contribution is -2.37. The fraction of sp³-hybridized carbons (Fsp3) is 0.538. The molecule has 5 nitrogen and oxygen atoms in total. The number of anilines is 1. The van der Waals surface area contributed by atoms with E-state index in [9.17, 15) is 17.2 Å². The van der Waals surface area contributed by atoms with Gasteiger partial charge in [-0.05, 0) is 38.1 Å². The van der Waals surface area contributed by atoms with Crippen molar-refractivity contribution < 1.29 is 17.2 Å². The van der Waals surface area contributed by atoms with Crippen LogP contribution in [-0.4, -0.2) is 39.5 Å². The molecule has 118 valence electrons. The number of nitrogens with two attached hydrogens (primary N) is 1. The van der Waals surface area contributed by atoms with E-state index in [-0.39, 0.29) is 12.2 Å². The summed E-state index contributed by atoms with van der Waals surface area (Å²) in [7, 11) is -4.11. The molecule has 1 aliphatic rings. The summed E-state index contributed by atoms with van der Waals surface area (Å²) in [6.07, 6.45) is 3.39. The Morgan fingerprint density at radius 1 is 1.19 bits per heavy atom. The topological polar surface area (TPSA) is 75.4 Å². The van der Waals surface area contributed by atoms with E-state index in [0.29, 0.717) is 6.54 Å². The molecule has 2 rings (SSSR count). The maximum absolute atomic E-state index is 13.6. The van der Waals surface area contributed by atoms with Gasteiger partial charge in [0.1, 0.15) is 4.90 Å². The largest absolute Gasteiger partial charge is 0.399 e. The number of rotatable bonds is 5. The smallest absolute Gasteiger partial charge is 0.243 e. The number of piperidine rings is 1. The summed E-state index contributed by atoms with van der Waals surface area (Å²) in [5.74, 6) is -2.68. The highest BCUT2D eigenvalue weighted by Crippen LogP contribution is 2.20. The summed E-state index contributed by atoms with van der Waals surface area (Å²) >= 11 is 0. The number of benzene rings is 1. The molecule has 0 aliphatic carbocycles. The zero-order valence-electron chi connectivity index (χ0n) is 11.6. The van der Waals surface area contributed by atoms with Crippen LogP contribution >= 0.6 is 0 Å². The molecular weight excluding hydrogens is 300 g/mol. The van der Waals surface area contributed by atoms with Crippen molar-refractivity contribution in [2.75, 3.05) is 31.9 Å². The number of sulfonamides is 1. The molecule has 1 aromatic carbocycles. The third-order valence-electron chi connectivity index (χ3n) is 3.48. The third-order valence-corrected chi connectivity index (χ3v) is 4.94. The maximum Gasteiger partial charge on any atom is 0.243 e. The molecule has 1 heterocycles.